The molecule has 0 spiro atoms. The van der Waals surface area contributed by atoms with E-state index in [-0.39, 0.29) is 11.4 Å². The number of benzene rings is 2. The van der Waals surface area contributed by atoms with Gasteiger partial charge in [0, 0.05) is 32.7 Å². The molecule has 0 unspecified atom stereocenters. The number of piperazine rings is 1. The molecule has 8 nitrogen and oxygen atoms in total. The van der Waals surface area contributed by atoms with Crippen LogP contribution in [0.15, 0.2) is 47.3 Å². The van der Waals surface area contributed by atoms with Gasteiger partial charge in [0.05, 0.1) is 12.1 Å². The van der Waals surface area contributed by atoms with E-state index in [0.29, 0.717) is 30.5 Å². The van der Waals surface area contributed by atoms with Crippen LogP contribution in [0.3, 0.4) is 0 Å². The van der Waals surface area contributed by atoms with Gasteiger partial charge in [0.15, 0.2) is 5.82 Å². The van der Waals surface area contributed by atoms with Crippen LogP contribution in [0.1, 0.15) is 30.9 Å². The van der Waals surface area contributed by atoms with Gasteiger partial charge in [0.25, 0.3) is 0 Å². The van der Waals surface area contributed by atoms with E-state index >= 15 is 0 Å². The Labute approximate surface area is 194 Å². The number of nitrogens with one attached hydrogen (secondary N) is 1. The largest absolute Gasteiger partial charge is 0.507 e. The van der Waals surface area contributed by atoms with Gasteiger partial charge < -0.3 is 14.7 Å². The highest BCUT2D eigenvalue weighted by molar-refractivity contribution is 5.65. The normalized spacial score (nSPS) is 15.3. The molecule has 8 heteroatoms. The van der Waals surface area contributed by atoms with Gasteiger partial charge in [-0.3, -0.25) is 9.47 Å². The molecule has 2 N–H and O–H groups in total. The average molecular weight is 452 g/mol. The summed E-state index contributed by atoms with van der Waals surface area (Å²) in [6, 6.07) is 13.2. The van der Waals surface area contributed by atoms with E-state index in [1.165, 1.54) is 0 Å². The molecule has 1 saturated heterocycles. The predicted octanol–water partition coefficient (Wildman–Crippen LogP) is 2.74. The Morgan fingerprint density at radius 3 is 2.52 bits per heavy atom. The molecule has 3 aromatic rings. The first-order valence-electron chi connectivity index (χ1n) is 11.5. The van der Waals surface area contributed by atoms with Crippen LogP contribution in [0.4, 0.5) is 0 Å². The Hall–Kier alpha value is -3.10. The lowest BCUT2D eigenvalue weighted by Gasteiger charge is -2.32. The quantitative estimate of drug-likeness (QED) is 0.548. The number of ether oxygens (including phenoxy) is 1. The third-order valence-electron chi connectivity index (χ3n) is 6.22. The number of aromatic hydroxyl groups is 1. The number of aromatic amines is 1. The van der Waals surface area contributed by atoms with E-state index in [4.69, 9.17) is 4.74 Å². The summed E-state index contributed by atoms with van der Waals surface area (Å²) in [7, 11) is 2.15. The second kappa shape index (κ2) is 10.2. The van der Waals surface area contributed by atoms with Crippen molar-refractivity contribution >= 4 is 0 Å². The molecule has 4 rings (SSSR count). The second-order valence-corrected chi connectivity index (χ2v) is 9.01. The molecule has 2 aromatic carbocycles. The molecule has 1 aromatic heterocycles. The van der Waals surface area contributed by atoms with Crippen LogP contribution in [0.25, 0.3) is 11.4 Å². The van der Waals surface area contributed by atoms with Gasteiger partial charge in [0.1, 0.15) is 18.1 Å². The minimum absolute atomic E-state index is 0.101. The smallest absolute Gasteiger partial charge is 0.343 e. The maximum Gasteiger partial charge on any atom is 0.343 e. The highest BCUT2D eigenvalue weighted by atomic mass is 16.5. The van der Waals surface area contributed by atoms with Gasteiger partial charge >= 0.3 is 5.69 Å². The first-order valence-corrected chi connectivity index (χ1v) is 11.5. The molecule has 1 aliphatic heterocycles. The zero-order valence-electron chi connectivity index (χ0n) is 19.6. The summed E-state index contributed by atoms with van der Waals surface area (Å²) < 4.78 is 7.46. The molecule has 1 fully saturated rings. The molecule has 33 heavy (non-hydrogen) atoms. The number of nitrogens with zero attached hydrogens (tertiary/aromatic N) is 4. The number of rotatable bonds is 8. The van der Waals surface area contributed by atoms with Crippen molar-refractivity contribution in [1.82, 2.24) is 24.6 Å². The molecule has 176 valence electrons. The molecule has 0 aliphatic carbocycles. The van der Waals surface area contributed by atoms with E-state index in [1.807, 2.05) is 36.4 Å². The molecule has 0 amide bonds. The van der Waals surface area contributed by atoms with Crippen LogP contribution < -0.4 is 10.4 Å². The first kappa shape index (κ1) is 23.1. The zero-order chi connectivity index (χ0) is 23.4. The Kier molecular flexibility index (Phi) is 7.15. The Bertz CT molecular complexity index is 1110. The number of hydrogen-bond donors (Lipinski definition) is 2. The van der Waals surface area contributed by atoms with E-state index in [1.54, 1.807) is 10.6 Å². The summed E-state index contributed by atoms with van der Waals surface area (Å²) in [5.74, 6) is 1.64. The minimum Gasteiger partial charge on any atom is -0.507 e. The summed E-state index contributed by atoms with van der Waals surface area (Å²) >= 11 is 0. The SMILES string of the molecule is CC(C)c1ccc(O)c(-c2n[nH]c(=O)n2Cc2ccc(OCCN3CCN(C)CC3)cc2)c1. The van der Waals surface area contributed by atoms with Gasteiger partial charge in [-0.25, -0.2) is 9.89 Å². The van der Waals surface area contributed by atoms with Crippen molar-refractivity contribution < 1.29 is 9.84 Å². The maximum absolute atomic E-state index is 12.5. The molecule has 0 atom stereocenters. The number of phenolic OH excluding ortho intramolecular Hbond substituents is 1. The van der Waals surface area contributed by atoms with Gasteiger partial charge in [-0.1, -0.05) is 32.0 Å². The van der Waals surface area contributed by atoms with E-state index in [2.05, 4.69) is 40.9 Å². The minimum atomic E-state index is -0.313. The van der Waals surface area contributed by atoms with Crippen molar-refractivity contribution in [2.75, 3.05) is 46.4 Å². The number of aromatic nitrogens is 3. The fourth-order valence-electron chi connectivity index (χ4n) is 4.00. The number of hydrogen-bond acceptors (Lipinski definition) is 6. The molecule has 2 heterocycles. The number of phenols is 1. The van der Waals surface area contributed by atoms with Crippen LogP contribution in [0.5, 0.6) is 11.5 Å². The fourth-order valence-corrected chi connectivity index (χ4v) is 4.00. The summed E-state index contributed by atoms with van der Waals surface area (Å²) in [5, 5.41) is 17.1. The van der Waals surface area contributed by atoms with Crippen LogP contribution in [-0.4, -0.2) is 76.0 Å². The van der Waals surface area contributed by atoms with Gasteiger partial charge in [0.2, 0.25) is 0 Å². The molecule has 1 aliphatic rings. The molecule has 0 radical (unpaired) electrons. The third-order valence-corrected chi connectivity index (χ3v) is 6.22. The maximum atomic E-state index is 12.5. The Morgan fingerprint density at radius 1 is 1.09 bits per heavy atom. The first-order chi connectivity index (χ1) is 15.9. The van der Waals surface area contributed by atoms with E-state index < -0.39 is 0 Å². The van der Waals surface area contributed by atoms with Crippen LogP contribution in [0, 0.1) is 0 Å². The fraction of sp³-hybridized carbons (Fsp3) is 0.440. The number of H-pyrrole nitrogens is 1. The Balaban J connectivity index is 1.41. The van der Waals surface area contributed by atoms with Crippen molar-refractivity contribution in [2.45, 2.75) is 26.3 Å². The zero-order valence-corrected chi connectivity index (χ0v) is 19.6. The van der Waals surface area contributed by atoms with Crippen molar-refractivity contribution in [2.24, 2.45) is 0 Å². The predicted molar refractivity (Wildman–Crippen MR) is 129 cm³/mol. The monoisotopic (exact) mass is 451 g/mol. The standard InChI is InChI=1S/C25H33N5O3/c1-18(2)20-6-9-23(31)22(16-20)24-26-27-25(32)30(24)17-19-4-7-21(8-5-19)33-15-14-29-12-10-28(3)11-13-29/h4-9,16,18,31H,10-15,17H2,1-3H3,(H,27,32). The van der Waals surface area contributed by atoms with Crippen LogP contribution in [-0.2, 0) is 6.54 Å². The summed E-state index contributed by atoms with van der Waals surface area (Å²) in [6.45, 7) is 10.4. The lowest BCUT2D eigenvalue weighted by Crippen LogP contribution is -2.45. The topological polar surface area (TPSA) is 86.6 Å². The highest BCUT2D eigenvalue weighted by Crippen LogP contribution is 2.30. The molecular formula is C25H33N5O3. The second-order valence-electron chi connectivity index (χ2n) is 9.01. The summed E-state index contributed by atoms with van der Waals surface area (Å²) in [5.41, 5.74) is 2.25. The molecule has 0 saturated carbocycles. The van der Waals surface area contributed by atoms with Crippen LogP contribution >= 0.6 is 0 Å². The van der Waals surface area contributed by atoms with Crippen molar-refractivity contribution in [1.29, 1.82) is 0 Å². The van der Waals surface area contributed by atoms with E-state index in [9.17, 15) is 9.90 Å². The average Bonchev–Trinajstić information content (AvgIpc) is 3.16. The van der Waals surface area contributed by atoms with Crippen molar-refractivity contribution in [3.8, 4) is 22.9 Å². The lowest BCUT2D eigenvalue weighted by atomic mass is 10.00. The summed E-state index contributed by atoms with van der Waals surface area (Å²) in [6.07, 6.45) is 0. The van der Waals surface area contributed by atoms with E-state index in [0.717, 1.165) is 49.6 Å². The number of likely N-dealkylation sites (N-methyl/N-ethyl adjacent to an activating group) is 1. The van der Waals surface area contributed by atoms with Gasteiger partial charge in [-0.05, 0) is 48.4 Å². The lowest BCUT2D eigenvalue weighted by molar-refractivity contribution is 0.133. The van der Waals surface area contributed by atoms with Gasteiger partial charge in [-0.2, -0.15) is 5.10 Å². The molecule has 0 bridgehead atoms. The third kappa shape index (κ3) is 5.64. The Morgan fingerprint density at radius 2 is 1.82 bits per heavy atom. The van der Waals surface area contributed by atoms with Gasteiger partial charge in [-0.15, -0.1) is 0 Å². The molecular weight excluding hydrogens is 418 g/mol. The highest BCUT2D eigenvalue weighted by Gasteiger charge is 2.17. The van der Waals surface area contributed by atoms with Crippen LogP contribution in [0.2, 0.25) is 0 Å². The summed E-state index contributed by atoms with van der Waals surface area (Å²) in [4.78, 5) is 17.2. The van der Waals surface area contributed by atoms with Crippen molar-refractivity contribution in [3.63, 3.8) is 0 Å². The van der Waals surface area contributed by atoms with Crippen molar-refractivity contribution in [3.05, 3.63) is 64.1 Å².